The van der Waals surface area contributed by atoms with Gasteiger partial charge in [-0.05, 0) is 36.2 Å². The molecule has 1 saturated heterocycles. The lowest BCUT2D eigenvalue weighted by Gasteiger charge is -2.12. The van der Waals surface area contributed by atoms with Gasteiger partial charge in [0.1, 0.15) is 12.3 Å². The van der Waals surface area contributed by atoms with Gasteiger partial charge < -0.3 is 9.64 Å². The molecule has 1 fully saturated rings. The highest BCUT2D eigenvalue weighted by molar-refractivity contribution is 6.39. The normalized spacial score (nSPS) is 17.2. The van der Waals surface area contributed by atoms with Crippen LogP contribution in [0.2, 0.25) is 0 Å². The van der Waals surface area contributed by atoms with Crippen LogP contribution in [0.25, 0.3) is 0 Å². The Kier molecular flexibility index (Phi) is 4.65. The number of nitrogens with one attached hydrogen (secondary N) is 1. The minimum absolute atomic E-state index is 0.00242. The van der Waals surface area contributed by atoms with Crippen LogP contribution in [0.5, 0.6) is 0 Å². The van der Waals surface area contributed by atoms with Gasteiger partial charge in [0.05, 0.1) is 11.6 Å². The number of carbonyl (C=O) groups is 1. The van der Waals surface area contributed by atoms with Crippen LogP contribution in [0.15, 0.2) is 47.5 Å². The molecule has 25 heavy (non-hydrogen) atoms. The molecule has 0 aromatic heterocycles. The summed E-state index contributed by atoms with van der Waals surface area (Å²) >= 11 is 0. The molecule has 0 radical (unpaired) electrons. The minimum atomic E-state index is -0.541. The summed E-state index contributed by atoms with van der Waals surface area (Å²) in [7, 11) is 4.00. The lowest BCUT2D eigenvalue weighted by Crippen LogP contribution is -2.12. The number of anilines is 1. The maximum absolute atomic E-state index is 11.5. The molecule has 5 heteroatoms. The summed E-state index contributed by atoms with van der Waals surface area (Å²) in [5.74, 6) is -0.892. The van der Waals surface area contributed by atoms with Gasteiger partial charge >= 0.3 is 5.97 Å². The third-order valence-electron chi connectivity index (χ3n) is 4.27. The number of hydrogen-bond donors (Lipinski definition) is 1. The quantitative estimate of drug-likeness (QED) is 0.687. The van der Waals surface area contributed by atoms with E-state index in [0.717, 1.165) is 28.1 Å². The molecule has 3 rings (SSSR count). The molecule has 2 aromatic rings. The molecule has 0 aliphatic carbocycles. The molecule has 0 spiro atoms. The average molecular weight is 335 g/mol. The second-order valence-electron chi connectivity index (χ2n) is 6.37. The zero-order valence-corrected chi connectivity index (χ0v) is 14.6. The molecule has 5 nitrogen and oxygen atoms in total. The number of benzene rings is 2. The van der Waals surface area contributed by atoms with E-state index >= 15 is 0 Å². The van der Waals surface area contributed by atoms with Gasteiger partial charge in [-0.3, -0.25) is 10.4 Å². The number of cyclic esters (lactones) is 1. The lowest BCUT2D eigenvalue weighted by atomic mass is 9.93. The largest absolute Gasteiger partial charge is 0.460 e. The SMILES string of the molecule is Cc1ccc(N=Cc2ccc(N(C)C)cc2)c(C2COC(=O)C2=N)c1. The number of carbonyl (C=O) groups excluding carboxylic acids is 1. The van der Waals surface area contributed by atoms with E-state index in [-0.39, 0.29) is 18.2 Å². The van der Waals surface area contributed by atoms with Crippen molar-refractivity contribution in [2.75, 3.05) is 25.6 Å². The van der Waals surface area contributed by atoms with Crippen LogP contribution >= 0.6 is 0 Å². The van der Waals surface area contributed by atoms with Crippen LogP contribution < -0.4 is 4.90 Å². The Morgan fingerprint density at radius 3 is 2.52 bits per heavy atom. The van der Waals surface area contributed by atoms with Gasteiger partial charge in [-0.15, -0.1) is 0 Å². The Bertz CT molecular complexity index is 839. The van der Waals surface area contributed by atoms with Crippen molar-refractivity contribution in [3.05, 3.63) is 59.2 Å². The summed E-state index contributed by atoms with van der Waals surface area (Å²) < 4.78 is 5.01. The molecule has 1 heterocycles. The highest BCUT2D eigenvalue weighted by atomic mass is 16.5. The molecule has 0 saturated carbocycles. The van der Waals surface area contributed by atoms with Gasteiger partial charge in [0.25, 0.3) is 0 Å². The van der Waals surface area contributed by atoms with Gasteiger partial charge in [-0.2, -0.15) is 0 Å². The smallest absolute Gasteiger partial charge is 0.352 e. The second-order valence-corrected chi connectivity index (χ2v) is 6.37. The zero-order chi connectivity index (χ0) is 18.0. The zero-order valence-electron chi connectivity index (χ0n) is 14.6. The molecular formula is C20H21N3O2. The summed E-state index contributed by atoms with van der Waals surface area (Å²) in [6, 6.07) is 14.0. The molecule has 1 aliphatic heterocycles. The van der Waals surface area contributed by atoms with E-state index in [4.69, 9.17) is 10.1 Å². The van der Waals surface area contributed by atoms with E-state index in [1.807, 2.05) is 68.4 Å². The Balaban J connectivity index is 1.89. The fourth-order valence-corrected chi connectivity index (χ4v) is 2.78. The topological polar surface area (TPSA) is 65.8 Å². The van der Waals surface area contributed by atoms with Crippen LogP contribution in [-0.4, -0.2) is 38.6 Å². The van der Waals surface area contributed by atoms with Crippen molar-refractivity contribution in [3.8, 4) is 0 Å². The Hall–Kier alpha value is -2.95. The third kappa shape index (κ3) is 3.60. The van der Waals surface area contributed by atoms with Gasteiger partial charge in [0.2, 0.25) is 0 Å². The fraction of sp³-hybridized carbons (Fsp3) is 0.250. The number of ether oxygens (including phenoxy) is 1. The molecule has 2 aromatic carbocycles. The van der Waals surface area contributed by atoms with Crippen molar-refractivity contribution in [1.29, 1.82) is 5.41 Å². The van der Waals surface area contributed by atoms with E-state index in [1.165, 1.54) is 0 Å². The van der Waals surface area contributed by atoms with Crippen molar-refractivity contribution < 1.29 is 9.53 Å². The van der Waals surface area contributed by atoms with Gasteiger partial charge in [0.15, 0.2) is 0 Å². The van der Waals surface area contributed by atoms with Crippen molar-refractivity contribution in [1.82, 2.24) is 0 Å². The monoisotopic (exact) mass is 335 g/mol. The van der Waals surface area contributed by atoms with E-state index in [2.05, 4.69) is 4.99 Å². The number of nitrogens with zero attached hydrogens (tertiary/aromatic N) is 2. The Morgan fingerprint density at radius 2 is 1.92 bits per heavy atom. The molecule has 1 unspecified atom stereocenters. The summed E-state index contributed by atoms with van der Waals surface area (Å²) in [6.45, 7) is 2.19. The first-order valence-corrected chi connectivity index (χ1v) is 8.13. The highest BCUT2D eigenvalue weighted by Crippen LogP contribution is 2.32. The number of hydrogen-bond acceptors (Lipinski definition) is 5. The van der Waals surface area contributed by atoms with Gasteiger partial charge in [-0.1, -0.05) is 29.8 Å². The molecule has 128 valence electrons. The fourth-order valence-electron chi connectivity index (χ4n) is 2.78. The van der Waals surface area contributed by atoms with Crippen molar-refractivity contribution >= 4 is 29.3 Å². The van der Waals surface area contributed by atoms with E-state index in [1.54, 1.807) is 6.21 Å². The average Bonchev–Trinajstić information content (AvgIpc) is 2.93. The molecule has 0 amide bonds. The number of aryl methyl sites for hydroxylation is 1. The first kappa shape index (κ1) is 16.9. The summed E-state index contributed by atoms with van der Waals surface area (Å²) in [5, 5.41) is 7.95. The number of esters is 1. The first-order valence-electron chi connectivity index (χ1n) is 8.13. The summed E-state index contributed by atoms with van der Waals surface area (Å²) in [4.78, 5) is 18.2. The molecule has 1 N–H and O–H groups in total. The lowest BCUT2D eigenvalue weighted by molar-refractivity contribution is -0.132. The van der Waals surface area contributed by atoms with E-state index in [0.29, 0.717) is 0 Å². The van der Waals surface area contributed by atoms with Crippen LogP contribution in [0.3, 0.4) is 0 Å². The standard InChI is InChI=1S/C20H21N3O2/c1-13-4-9-18(16(10-13)17-12-25-20(24)19(17)21)22-11-14-5-7-15(8-6-14)23(2)3/h4-11,17,21H,12H2,1-3H3. The van der Waals surface area contributed by atoms with Gasteiger partial charge in [0, 0.05) is 26.0 Å². The van der Waals surface area contributed by atoms with Crippen LogP contribution in [0, 0.1) is 12.3 Å². The van der Waals surface area contributed by atoms with Crippen LogP contribution in [0.1, 0.15) is 22.6 Å². The van der Waals surface area contributed by atoms with Crippen molar-refractivity contribution in [2.24, 2.45) is 4.99 Å². The second kappa shape index (κ2) is 6.89. The van der Waals surface area contributed by atoms with E-state index < -0.39 is 5.97 Å². The number of aliphatic imine (C=N–C) groups is 1. The minimum Gasteiger partial charge on any atom is -0.460 e. The summed E-state index contributed by atoms with van der Waals surface area (Å²) in [5.41, 5.74) is 4.80. The maximum Gasteiger partial charge on any atom is 0.352 e. The predicted octanol–water partition coefficient (Wildman–Crippen LogP) is 3.47. The van der Waals surface area contributed by atoms with E-state index in [9.17, 15) is 4.79 Å². The molecule has 1 aliphatic rings. The summed E-state index contributed by atoms with van der Waals surface area (Å²) in [6.07, 6.45) is 1.80. The Morgan fingerprint density at radius 1 is 1.20 bits per heavy atom. The van der Waals surface area contributed by atoms with Crippen LogP contribution in [0.4, 0.5) is 11.4 Å². The third-order valence-corrected chi connectivity index (χ3v) is 4.27. The highest BCUT2D eigenvalue weighted by Gasteiger charge is 2.33. The molecular weight excluding hydrogens is 314 g/mol. The predicted molar refractivity (Wildman–Crippen MR) is 101 cm³/mol. The Labute approximate surface area is 147 Å². The van der Waals surface area contributed by atoms with Crippen molar-refractivity contribution in [3.63, 3.8) is 0 Å². The first-order chi connectivity index (χ1) is 12.0. The molecule has 0 bridgehead atoms. The molecule has 1 atom stereocenters. The maximum atomic E-state index is 11.5. The van der Waals surface area contributed by atoms with Crippen molar-refractivity contribution in [2.45, 2.75) is 12.8 Å². The number of rotatable bonds is 4. The van der Waals surface area contributed by atoms with Crippen LogP contribution in [-0.2, 0) is 9.53 Å². The van der Waals surface area contributed by atoms with Gasteiger partial charge in [-0.25, -0.2) is 4.79 Å².